The van der Waals surface area contributed by atoms with Crippen molar-refractivity contribution >= 4 is 39.6 Å². The predicted molar refractivity (Wildman–Crippen MR) is 116 cm³/mol. The molecule has 0 aliphatic rings. The zero-order valence-corrected chi connectivity index (χ0v) is 17.6. The summed E-state index contributed by atoms with van der Waals surface area (Å²) in [6, 6.07) is 9.95. The number of ether oxygens (including phenoxy) is 1. The highest BCUT2D eigenvalue weighted by molar-refractivity contribution is 7.80. The summed E-state index contributed by atoms with van der Waals surface area (Å²) < 4.78 is 6.75. The molecule has 28 heavy (non-hydrogen) atoms. The Kier molecular flexibility index (Phi) is 6.43. The van der Waals surface area contributed by atoms with Gasteiger partial charge in [0.05, 0.1) is 18.4 Å². The number of carbonyl (C=O) groups excluding carboxylic acids is 1. The molecule has 0 fully saturated rings. The number of hydrogen-bond acceptors (Lipinski definition) is 5. The van der Waals surface area contributed by atoms with Crippen molar-refractivity contribution in [1.29, 1.82) is 0 Å². The molecular weight excluding hydrogens is 392 g/mol. The standard InChI is InChI=1S/C20H22N4O2S2/c1-4-16-13(2)28-18(17(16)19(25)26-3)23-20(27)21-12-14-6-8-15(9-7-14)24-11-5-10-22-24/h5-11H,4,12H2,1-3H3,(H2,21,23,27). The SMILES string of the molecule is CCc1c(C)sc(NC(=S)NCc2ccc(-n3cccn3)cc2)c1C(=O)OC. The largest absolute Gasteiger partial charge is 0.465 e. The number of aromatic nitrogens is 2. The minimum absolute atomic E-state index is 0.347. The van der Waals surface area contributed by atoms with Crippen LogP contribution in [0, 0.1) is 6.92 Å². The highest BCUT2D eigenvalue weighted by Gasteiger charge is 2.22. The summed E-state index contributed by atoms with van der Waals surface area (Å²) in [5, 5.41) is 11.7. The van der Waals surface area contributed by atoms with E-state index in [0.717, 1.165) is 28.1 Å². The van der Waals surface area contributed by atoms with Gasteiger partial charge in [-0.1, -0.05) is 19.1 Å². The van der Waals surface area contributed by atoms with Crippen LogP contribution in [-0.4, -0.2) is 28.0 Å². The highest BCUT2D eigenvalue weighted by Crippen LogP contribution is 2.33. The summed E-state index contributed by atoms with van der Waals surface area (Å²) >= 11 is 6.93. The molecule has 3 rings (SSSR count). The fourth-order valence-corrected chi connectivity index (χ4v) is 4.30. The average molecular weight is 415 g/mol. The lowest BCUT2D eigenvalue weighted by Crippen LogP contribution is -2.28. The summed E-state index contributed by atoms with van der Waals surface area (Å²) in [6.07, 6.45) is 4.41. The lowest BCUT2D eigenvalue weighted by Gasteiger charge is -2.11. The molecule has 0 unspecified atom stereocenters. The van der Waals surface area contributed by atoms with Crippen LogP contribution in [-0.2, 0) is 17.7 Å². The molecule has 0 amide bonds. The summed E-state index contributed by atoms with van der Waals surface area (Å²) in [5.41, 5.74) is 3.65. The number of methoxy groups -OCH3 is 1. The molecule has 0 spiro atoms. The molecule has 0 radical (unpaired) electrons. The van der Waals surface area contributed by atoms with Gasteiger partial charge in [0, 0.05) is 23.8 Å². The second-order valence-electron chi connectivity index (χ2n) is 6.11. The van der Waals surface area contributed by atoms with Crippen LogP contribution in [0.25, 0.3) is 5.69 Å². The van der Waals surface area contributed by atoms with Crippen molar-refractivity contribution in [3.8, 4) is 5.69 Å². The molecule has 2 N–H and O–H groups in total. The van der Waals surface area contributed by atoms with E-state index in [9.17, 15) is 4.79 Å². The third-order valence-electron chi connectivity index (χ3n) is 4.34. The van der Waals surface area contributed by atoms with E-state index in [2.05, 4.69) is 15.7 Å². The van der Waals surface area contributed by atoms with Crippen LogP contribution in [0.15, 0.2) is 42.7 Å². The molecule has 146 valence electrons. The number of thiocarbonyl (C=S) groups is 1. The van der Waals surface area contributed by atoms with Crippen molar-refractivity contribution in [2.75, 3.05) is 12.4 Å². The first kappa shape index (κ1) is 20.0. The second kappa shape index (κ2) is 8.99. The lowest BCUT2D eigenvalue weighted by atomic mass is 10.1. The Bertz CT molecular complexity index is 963. The predicted octanol–water partition coefficient (Wildman–Crippen LogP) is 4.08. The third-order valence-corrected chi connectivity index (χ3v) is 5.65. The second-order valence-corrected chi connectivity index (χ2v) is 7.74. The molecule has 0 saturated heterocycles. The number of esters is 1. The number of hydrogen-bond donors (Lipinski definition) is 2. The number of benzene rings is 1. The summed E-state index contributed by atoms with van der Waals surface area (Å²) in [6.45, 7) is 4.59. The van der Waals surface area contributed by atoms with Crippen LogP contribution in [0.3, 0.4) is 0 Å². The van der Waals surface area contributed by atoms with Crippen molar-refractivity contribution < 1.29 is 9.53 Å². The monoisotopic (exact) mass is 414 g/mol. The molecule has 0 aliphatic carbocycles. The highest BCUT2D eigenvalue weighted by atomic mass is 32.1. The summed E-state index contributed by atoms with van der Waals surface area (Å²) in [4.78, 5) is 13.3. The maximum atomic E-state index is 12.2. The summed E-state index contributed by atoms with van der Waals surface area (Å²) in [5.74, 6) is -0.347. The number of anilines is 1. The average Bonchev–Trinajstić information content (AvgIpc) is 3.34. The van der Waals surface area contributed by atoms with Gasteiger partial charge in [0.2, 0.25) is 0 Å². The number of thiophene rings is 1. The van der Waals surface area contributed by atoms with E-state index in [1.54, 1.807) is 6.20 Å². The minimum atomic E-state index is -0.347. The van der Waals surface area contributed by atoms with Crippen LogP contribution in [0.5, 0.6) is 0 Å². The van der Waals surface area contributed by atoms with E-state index in [-0.39, 0.29) is 5.97 Å². The van der Waals surface area contributed by atoms with Gasteiger partial charge < -0.3 is 15.4 Å². The molecule has 0 saturated carbocycles. The molecular formula is C20H22N4O2S2. The van der Waals surface area contributed by atoms with Crippen molar-refractivity contribution in [2.24, 2.45) is 0 Å². The Balaban J connectivity index is 1.64. The third kappa shape index (κ3) is 4.40. The van der Waals surface area contributed by atoms with Gasteiger partial charge in [-0.05, 0) is 54.9 Å². The van der Waals surface area contributed by atoms with Gasteiger partial charge in [-0.2, -0.15) is 5.10 Å². The van der Waals surface area contributed by atoms with E-state index in [1.165, 1.54) is 18.4 Å². The zero-order chi connectivity index (χ0) is 20.1. The van der Waals surface area contributed by atoms with Crippen LogP contribution in [0.1, 0.15) is 33.3 Å². The first-order chi connectivity index (χ1) is 13.5. The van der Waals surface area contributed by atoms with E-state index in [1.807, 2.05) is 55.1 Å². The normalized spacial score (nSPS) is 10.5. The van der Waals surface area contributed by atoms with Crippen molar-refractivity contribution in [3.05, 3.63) is 64.3 Å². The molecule has 6 nitrogen and oxygen atoms in total. The Labute approximate surface area is 173 Å². The van der Waals surface area contributed by atoms with Crippen molar-refractivity contribution in [1.82, 2.24) is 15.1 Å². The molecule has 0 bridgehead atoms. The van der Waals surface area contributed by atoms with E-state index in [0.29, 0.717) is 22.2 Å². The van der Waals surface area contributed by atoms with Gasteiger partial charge >= 0.3 is 5.97 Å². The number of rotatable bonds is 6. The Morgan fingerprint density at radius 3 is 2.68 bits per heavy atom. The maximum Gasteiger partial charge on any atom is 0.341 e. The van der Waals surface area contributed by atoms with E-state index < -0.39 is 0 Å². The first-order valence-corrected chi connectivity index (χ1v) is 10.1. The molecule has 2 heterocycles. The van der Waals surface area contributed by atoms with Crippen LogP contribution in [0.4, 0.5) is 5.00 Å². The van der Waals surface area contributed by atoms with E-state index >= 15 is 0 Å². The molecule has 0 atom stereocenters. The summed E-state index contributed by atoms with van der Waals surface area (Å²) in [7, 11) is 1.39. The fraction of sp³-hybridized carbons (Fsp3) is 0.250. The minimum Gasteiger partial charge on any atom is -0.465 e. The smallest absolute Gasteiger partial charge is 0.341 e. The lowest BCUT2D eigenvalue weighted by molar-refractivity contribution is 0.0601. The molecule has 1 aromatic carbocycles. The quantitative estimate of drug-likeness (QED) is 0.468. The van der Waals surface area contributed by atoms with Crippen LogP contribution in [0.2, 0.25) is 0 Å². The van der Waals surface area contributed by atoms with Gasteiger partial charge in [-0.25, -0.2) is 9.48 Å². The van der Waals surface area contributed by atoms with Crippen molar-refractivity contribution in [3.63, 3.8) is 0 Å². The van der Waals surface area contributed by atoms with Gasteiger partial charge in [0.15, 0.2) is 5.11 Å². The molecule has 8 heteroatoms. The van der Waals surface area contributed by atoms with Gasteiger partial charge in [-0.15, -0.1) is 11.3 Å². The van der Waals surface area contributed by atoms with Gasteiger partial charge in [0.25, 0.3) is 0 Å². The van der Waals surface area contributed by atoms with Gasteiger partial charge in [0.1, 0.15) is 5.00 Å². The number of carbonyl (C=O) groups is 1. The fourth-order valence-electron chi connectivity index (χ4n) is 2.93. The molecule has 3 aromatic rings. The zero-order valence-electron chi connectivity index (χ0n) is 16.0. The number of nitrogens with one attached hydrogen (secondary N) is 2. The Morgan fingerprint density at radius 1 is 1.32 bits per heavy atom. The van der Waals surface area contributed by atoms with Crippen molar-refractivity contribution in [2.45, 2.75) is 26.8 Å². The Hall–Kier alpha value is -2.71. The van der Waals surface area contributed by atoms with E-state index in [4.69, 9.17) is 17.0 Å². The van der Waals surface area contributed by atoms with Crippen LogP contribution < -0.4 is 10.6 Å². The number of nitrogens with zero attached hydrogens (tertiary/aromatic N) is 2. The van der Waals surface area contributed by atoms with Gasteiger partial charge in [-0.3, -0.25) is 0 Å². The maximum absolute atomic E-state index is 12.2. The topological polar surface area (TPSA) is 68.2 Å². The molecule has 2 aromatic heterocycles. The molecule has 0 aliphatic heterocycles. The Morgan fingerprint density at radius 2 is 2.07 bits per heavy atom. The van der Waals surface area contributed by atoms with Crippen LogP contribution >= 0.6 is 23.6 Å². The first-order valence-electron chi connectivity index (χ1n) is 8.87. The number of aryl methyl sites for hydroxylation is 1.